The molecule has 0 N–H and O–H groups in total. The zero-order valence-electron chi connectivity index (χ0n) is 13.5. The molecular weight excluding hydrogens is 381 g/mol. The third-order valence-electron chi connectivity index (χ3n) is 4.23. The Kier molecular flexibility index (Phi) is 5.09. The molecule has 1 aliphatic rings. The summed E-state index contributed by atoms with van der Waals surface area (Å²) in [7, 11) is -3.18. The molecule has 3 rings (SSSR count). The van der Waals surface area contributed by atoms with Gasteiger partial charge in [0.15, 0.2) is 14.7 Å². The summed E-state index contributed by atoms with van der Waals surface area (Å²) in [5.74, 6) is -0.240. The van der Waals surface area contributed by atoms with Crippen molar-refractivity contribution in [3.05, 3.63) is 54.1 Å². The van der Waals surface area contributed by atoms with Gasteiger partial charge >= 0.3 is 0 Å². The van der Waals surface area contributed by atoms with Gasteiger partial charge in [-0.1, -0.05) is 59.6 Å². The second-order valence-electron chi connectivity index (χ2n) is 6.14. The number of sulfone groups is 1. The van der Waals surface area contributed by atoms with E-state index in [0.717, 1.165) is 23.1 Å². The number of amides is 1. The number of hydrogen-bond donors (Lipinski definition) is 0. The summed E-state index contributed by atoms with van der Waals surface area (Å²) in [6.45, 7) is 0.684. The minimum Gasteiger partial charge on any atom is -0.333 e. The predicted molar refractivity (Wildman–Crippen MR) is 99.7 cm³/mol. The van der Waals surface area contributed by atoms with Crippen LogP contribution in [0.4, 0.5) is 0 Å². The number of halogens is 2. The summed E-state index contributed by atoms with van der Waals surface area (Å²) < 4.78 is 23.0. The van der Waals surface area contributed by atoms with Crippen molar-refractivity contribution in [2.75, 3.05) is 12.8 Å². The Morgan fingerprint density at radius 2 is 1.60 bits per heavy atom. The van der Waals surface area contributed by atoms with E-state index in [2.05, 4.69) is 0 Å². The van der Waals surface area contributed by atoms with Gasteiger partial charge in [-0.25, -0.2) is 8.42 Å². The molecule has 1 atom stereocenters. The topological polar surface area (TPSA) is 54.2 Å². The van der Waals surface area contributed by atoms with Crippen molar-refractivity contribution in [1.29, 1.82) is 0 Å². The molecule has 0 radical (unpaired) electrons. The van der Waals surface area contributed by atoms with E-state index in [1.807, 2.05) is 24.3 Å². The van der Waals surface area contributed by atoms with E-state index in [9.17, 15) is 13.2 Å². The second-order valence-corrected chi connectivity index (χ2v) is 9.25. The van der Waals surface area contributed by atoms with Gasteiger partial charge in [0.2, 0.25) is 0 Å². The highest BCUT2D eigenvalue weighted by Crippen LogP contribution is 2.27. The van der Waals surface area contributed by atoms with Crippen LogP contribution in [-0.4, -0.2) is 42.9 Å². The summed E-state index contributed by atoms with van der Waals surface area (Å²) in [6.07, 6.45) is 1.96. The molecule has 1 aliphatic heterocycles. The molecule has 1 unspecified atom stereocenters. The molecule has 1 amide bonds. The number of carbonyl (C=O) groups is 1. The fourth-order valence-electron chi connectivity index (χ4n) is 2.75. The molecule has 25 heavy (non-hydrogen) atoms. The number of rotatable bonds is 5. The normalized spacial score (nSPS) is 17.0. The van der Waals surface area contributed by atoms with Gasteiger partial charge in [-0.05, 0) is 35.2 Å². The fraction of sp³-hybridized carbons (Fsp3) is 0.278. The summed E-state index contributed by atoms with van der Waals surface area (Å²) in [4.78, 5) is 12.6. The minimum atomic E-state index is -3.18. The molecule has 4 nitrogen and oxygen atoms in total. The maximum Gasteiger partial charge on any atom is 0.256 e. The number of hydrogen-bond acceptors (Lipinski definition) is 3. The summed E-state index contributed by atoms with van der Waals surface area (Å²) in [5.41, 5.74) is 3.08. The van der Waals surface area contributed by atoms with Crippen LogP contribution < -0.4 is 0 Å². The van der Waals surface area contributed by atoms with Crippen LogP contribution in [0.1, 0.15) is 5.56 Å². The van der Waals surface area contributed by atoms with Gasteiger partial charge in [0.05, 0.1) is 10.9 Å². The first kappa shape index (κ1) is 18.2. The number of carbonyl (C=O) groups excluding carboxylic acids is 1. The molecule has 1 fully saturated rings. The molecule has 0 spiro atoms. The smallest absolute Gasteiger partial charge is 0.256 e. The first-order chi connectivity index (χ1) is 11.8. The van der Waals surface area contributed by atoms with Gasteiger partial charge in [-0.2, -0.15) is 0 Å². The minimum absolute atomic E-state index is 0.160. The number of benzene rings is 2. The quantitative estimate of drug-likeness (QED) is 0.574. The molecular formula is C18H17Cl2NO3S. The Bertz CT molecular complexity index is 878. The zero-order chi connectivity index (χ0) is 18.2. The number of alkyl halides is 2. The van der Waals surface area contributed by atoms with Crippen molar-refractivity contribution in [3.63, 3.8) is 0 Å². The molecule has 1 saturated heterocycles. The second kappa shape index (κ2) is 6.98. The Labute approximate surface area is 157 Å². The predicted octanol–water partition coefficient (Wildman–Crippen LogP) is 3.31. The lowest BCUT2D eigenvalue weighted by atomic mass is 10.0. The average molecular weight is 398 g/mol. The standard InChI is InChI=1S/C18H17Cl2NO3S/c1-25(23,24)16-8-6-14(7-9-16)13-4-2-12(3-5-13)10-15-11-21(15)18(22)17(19)20/h2-9,15,17H,10-11H2,1H3. The summed E-state index contributed by atoms with van der Waals surface area (Å²) >= 11 is 11.2. The molecule has 2 aromatic rings. The lowest BCUT2D eigenvalue weighted by Gasteiger charge is -2.07. The Hall–Kier alpha value is -1.56. The fourth-order valence-corrected chi connectivity index (χ4v) is 3.63. The van der Waals surface area contributed by atoms with Crippen LogP contribution in [0, 0.1) is 0 Å². The van der Waals surface area contributed by atoms with E-state index < -0.39 is 14.7 Å². The Morgan fingerprint density at radius 3 is 2.08 bits per heavy atom. The lowest BCUT2D eigenvalue weighted by Crippen LogP contribution is -2.20. The molecule has 0 saturated carbocycles. The van der Waals surface area contributed by atoms with Crippen LogP contribution in [0.3, 0.4) is 0 Å². The van der Waals surface area contributed by atoms with E-state index in [1.54, 1.807) is 29.2 Å². The largest absolute Gasteiger partial charge is 0.333 e. The Morgan fingerprint density at radius 1 is 1.08 bits per heavy atom. The summed E-state index contributed by atoms with van der Waals surface area (Å²) in [6, 6.07) is 15.0. The highest BCUT2D eigenvalue weighted by atomic mass is 35.5. The third kappa shape index (κ3) is 4.35. The first-order valence-electron chi connectivity index (χ1n) is 7.74. The van der Waals surface area contributed by atoms with Crippen LogP contribution in [0.5, 0.6) is 0 Å². The third-order valence-corrected chi connectivity index (χ3v) is 5.73. The molecule has 2 aromatic carbocycles. The van der Waals surface area contributed by atoms with Crippen molar-refractivity contribution in [1.82, 2.24) is 4.90 Å². The van der Waals surface area contributed by atoms with Crippen LogP contribution in [0.15, 0.2) is 53.4 Å². The van der Waals surface area contributed by atoms with E-state index >= 15 is 0 Å². The maximum absolute atomic E-state index is 11.7. The van der Waals surface area contributed by atoms with Gasteiger partial charge in [-0.15, -0.1) is 0 Å². The Balaban J connectivity index is 1.66. The van der Waals surface area contributed by atoms with Crippen LogP contribution in [0.2, 0.25) is 0 Å². The van der Waals surface area contributed by atoms with Gasteiger partial charge in [0.25, 0.3) is 5.91 Å². The van der Waals surface area contributed by atoms with E-state index in [4.69, 9.17) is 23.2 Å². The molecule has 0 aromatic heterocycles. The van der Waals surface area contributed by atoms with Crippen LogP contribution >= 0.6 is 23.2 Å². The van der Waals surface area contributed by atoms with Crippen molar-refractivity contribution >= 4 is 38.9 Å². The molecule has 7 heteroatoms. The van der Waals surface area contributed by atoms with Gasteiger partial charge in [-0.3, -0.25) is 4.79 Å². The van der Waals surface area contributed by atoms with Gasteiger partial charge in [0.1, 0.15) is 0 Å². The van der Waals surface area contributed by atoms with Gasteiger partial charge < -0.3 is 4.90 Å². The van der Waals surface area contributed by atoms with E-state index in [0.29, 0.717) is 11.4 Å². The van der Waals surface area contributed by atoms with Crippen molar-refractivity contribution in [2.45, 2.75) is 22.2 Å². The molecule has 132 valence electrons. The number of nitrogens with zero attached hydrogens (tertiary/aromatic N) is 1. The zero-order valence-corrected chi connectivity index (χ0v) is 15.9. The average Bonchev–Trinajstić information content (AvgIpc) is 3.33. The highest BCUT2D eigenvalue weighted by Gasteiger charge is 2.40. The SMILES string of the molecule is CS(=O)(=O)c1ccc(-c2ccc(CC3CN3C(=O)C(Cl)Cl)cc2)cc1. The summed E-state index contributed by atoms with van der Waals surface area (Å²) in [5, 5.41) is 0. The van der Waals surface area contributed by atoms with Crippen LogP contribution in [0.25, 0.3) is 11.1 Å². The lowest BCUT2D eigenvalue weighted by molar-refractivity contribution is -0.124. The highest BCUT2D eigenvalue weighted by molar-refractivity contribution is 7.90. The van der Waals surface area contributed by atoms with Gasteiger partial charge in [0, 0.05) is 12.8 Å². The van der Waals surface area contributed by atoms with Crippen LogP contribution in [-0.2, 0) is 21.1 Å². The maximum atomic E-state index is 11.7. The van der Waals surface area contributed by atoms with Crippen molar-refractivity contribution in [3.8, 4) is 11.1 Å². The molecule has 0 bridgehead atoms. The van der Waals surface area contributed by atoms with Crippen molar-refractivity contribution in [2.24, 2.45) is 0 Å². The monoisotopic (exact) mass is 397 g/mol. The first-order valence-corrected chi connectivity index (χ1v) is 10.5. The van der Waals surface area contributed by atoms with E-state index in [-0.39, 0.29) is 11.9 Å². The molecule has 1 heterocycles. The van der Waals surface area contributed by atoms with E-state index in [1.165, 1.54) is 6.26 Å². The van der Waals surface area contributed by atoms with Crippen molar-refractivity contribution < 1.29 is 13.2 Å². The molecule has 0 aliphatic carbocycles.